The zero-order valence-electron chi connectivity index (χ0n) is 13.6. The second-order valence-corrected chi connectivity index (χ2v) is 6.79. The first kappa shape index (κ1) is 18.4. The van der Waals surface area contributed by atoms with Crippen molar-refractivity contribution in [3.05, 3.63) is 95.0 Å². The molecule has 0 bridgehead atoms. The van der Waals surface area contributed by atoms with Crippen molar-refractivity contribution in [2.24, 2.45) is 4.99 Å². The smallest absolute Gasteiger partial charge is 0.166 e. The van der Waals surface area contributed by atoms with Crippen LogP contribution in [0.25, 0.3) is 0 Å². The van der Waals surface area contributed by atoms with Crippen LogP contribution < -0.4 is 5.32 Å². The van der Waals surface area contributed by atoms with Crippen LogP contribution >= 0.6 is 23.4 Å². The van der Waals surface area contributed by atoms with Crippen molar-refractivity contribution in [2.75, 3.05) is 5.32 Å². The molecule has 0 amide bonds. The fourth-order valence-corrected chi connectivity index (χ4v) is 3.18. The van der Waals surface area contributed by atoms with E-state index in [1.807, 2.05) is 30.3 Å². The minimum absolute atomic E-state index is 0.0394. The maximum atomic E-state index is 13.4. The number of thioether (sulfide) groups is 1. The van der Waals surface area contributed by atoms with Gasteiger partial charge in [0.25, 0.3) is 0 Å². The van der Waals surface area contributed by atoms with Gasteiger partial charge in [0.15, 0.2) is 5.17 Å². The highest BCUT2D eigenvalue weighted by atomic mass is 35.5. The molecule has 0 saturated carbocycles. The van der Waals surface area contributed by atoms with E-state index in [1.165, 1.54) is 36.0 Å². The Hall–Kier alpha value is -2.37. The van der Waals surface area contributed by atoms with Crippen molar-refractivity contribution in [1.82, 2.24) is 0 Å². The van der Waals surface area contributed by atoms with Crippen molar-refractivity contribution in [3.63, 3.8) is 0 Å². The topological polar surface area (TPSA) is 24.4 Å². The van der Waals surface area contributed by atoms with E-state index in [0.717, 1.165) is 11.3 Å². The van der Waals surface area contributed by atoms with Crippen LogP contribution in [0.5, 0.6) is 0 Å². The molecule has 0 unspecified atom stereocenters. The van der Waals surface area contributed by atoms with Crippen LogP contribution in [0.2, 0.25) is 5.02 Å². The summed E-state index contributed by atoms with van der Waals surface area (Å²) in [6.45, 7) is 0. The quantitative estimate of drug-likeness (QED) is 0.399. The summed E-state index contributed by atoms with van der Waals surface area (Å²) in [5, 5.41) is 3.83. The lowest BCUT2D eigenvalue weighted by molar-refractivity contribution is 0.627. The zero-order chi connectivity index (χ0) is 18.4. The molecule has 0 aromatic heterocycles. The Balaban J connectivity index is 1.80. The highest BCUT2D eigenvalue weighted by molar-refractivity contribution is 8.13. The molecule has 0 saturated heterocycles. The van der Waals surface area contributed by atoms with E-state index in [4.69, 9.17) is 11.6 Å². The number of nitrogens with one attached hydrogen (secondary N) is 1. The Morgan fingerprint density at radius 1 is 0.962 bits per heavy atom. The van der Waals surface area contributed by atoms with E-state index in [9.17, 15) is 8.78 Å². The second-order valence-electron chi connectivity index (χ2n) is 5.42. The van der Waals surface area contributed by atoms with Crippen LogP contribution in [0.3, 0.4) is 0 Å². The number of para-hydroxylation sites is 1. The average molecular weight is 389 g/mol. The van der Waals surface area contributed by atoms with Gasteiger partial charge in [-0.3, -0.25) is 0 Å². The molecule has 0 radical (unpaired) electrons. The van der Waals surface area contributed by atoms with Gasteiger partial charge < -0.3 is 5.32 Å². The first-order chi connectivity index (χ1) is 12.6. The molecule has 26 heavy (non-hydrogen) atoms. The zero-order valence-corrected chi connectivity index (χ0v) is 15.2. The maximum absolute atomic E-state index is 13.4. The molecule has 0 spiro atoms. The van der Waals surface area contributed by atoms with Crippen LogP contribution in [0.4, 0.5) is 20.2 Å². The summed E-state index contributed by atoms with van der Waals surface area (Å²) in [5.74, 6) is -0.137. The molecule has 1 N–H and O–H groups in total. The lowest BCUT2D eigenvalue weighted by Crippen LogP contribution is -2.08. The molecule has 6 heteroatoms. The summed E-state index contributed by atoms with van der Waals surface area (Å²) < 4.78 is 26.4. The van der Waals surface area contributed by atoms with Gasteiger partial charge in [0.1, 0.15) is 11.6 Å². The third-order valence-corrected chi connectivity index (χ3v) is 4.68. The van der Waals surface area contributed by atoms with Gasteiger partial charge in [0.2, 0.25) is 0 Å². The summed E-state index contributed by atoms with van der Waals surface area (Å²) >= 11 is 7.31. The highest BCUT2D eigenvalue weighted by Crippen LogP contribution is 2.24. The Morgan fingerprint density at radius 2 is 1.69 bits per heavy atom. The Bertz CT molecular complexity index is 899. The predicted molar refractivity (Wildman–Crippen MR) is 106 cm³/mol. The standard InChI is InChI=1S/C20H15ClF2N2S/c21-18-12-17(10-11-19(18)23)25-20(24-16-4-2-1-3-5-16)26-13-14-6-8-15(22)9-7-14/h1-12H,13H2,(H,24,25). The van der Waals surface area contributed by atoms with E-state index in [2.05, 4.69) is 10.3 Å². The number of benzene rings is 3. The van der Waals surface area contributed by atoms with E-state index < -0.39 is 5.82 Å². The fraction of sp³-hybridized carbons (Fsp3) is 0.0500. The van der Waals surface area contributed by atoms with Crippen molar-refractivity contribution in [2.45, 2.75) is 5.75 Å². The number of halogens is 3. The van der Waals surface area contributed by atoms with Crippen molar-refractivity contribution < 1.29 is 8.78 Å². The number of aliphatic imine (C=N–C) groups is 1. The molecule has 0 fully saturated rings. The van der Waals surface area contributed by atoms with Gasteiger partial charge >= 0.3 is 0 Å². The van der Waals surface area contributed by atoms with Gasteiger partial charge in [-0.25, -0.2) is 13.8 Å². The molecule has 132 valence electrons. The van der Waals surface area contributed by atoms with Gasteiger partial charge in [0.05, 0.1) is 10.7 Å². The van der Waals surface area contributed by atoms with E-state index >= 15 is 0 Å². The van der Waals surface area contributed by atoms with Gasteiger partial charge in [0, 0.05) is 11.4 Å². The van der Waals surface area contributed by atoms with Gasteiger partial charge in [-0.05, 0) is 48.0 Å². The van der Waals surface area contributed by atoms with E-state index in [-0.39, 0.29) is 10.8 Å². The third kappa shape index (κ3) is 5.31. The minimum atomic E-state index is -0.474. The molecule has 0 aliphatic rings. The predicted octanol–water partition coefficient (Wildman–Crippen LogP) is 6.65. The molecule has 0 aliphatic carbocycles. The highest BCUT2D eigenvalue weighted by Gasteiger charge is 2.06. The lowest BCUT2D eigenvalue weighted by Gasteiger charge is -2.11. The lowest BCUT2D eigenvalue weighted by atomic mass is 10.2. The SMILES string of the molecule is Fc1ccc(CSC(=Nc2ccccc2)Nc2ccc(F)c(Cl)c2)cc1. The molecule has 0 aliphatic heterocycles. The van der Waals surface area contributed by atoms with E-state index in [1.54, 1.807) is 18.2 Å². The fourth-order valence-electron chi connectivity index (χ4n) is 2.15. The van der Waals surface area contributed by atoms with Crippen LogP contribution in [-0.4, -0.2) is 5.17 Å². The van der Waals surface area contributed by atoms with Gasteiger partial charge in [-0.2, -0.15) is 0 Å². The third-order valence-electron chi connectivity index (χ3n) is 3.45. The monoisotopic (exact) mass is 388 g/mol. The summed E-state index contributed by atoms with van der Waals surface area (Å²) in [7, 11) is 0. The van der Waals surface area contributed by atoms with Gasteiger partial charge in [-0.1, -0.05) is 53.7 Å². The molecule has 3 rings (SSSR count). The van der Waals surface area contributed by atoms with Crippen LogP contribution in [0, 0.1) is 11.6 Å². The normalized spacial score (nSPS) is 11.4. The molecule has 0 heterocycles. The summed E-state index contributed by atoms with van der Waals surface area (Å²) in [4.78, 5) is 4.60. The number of anilines is 1. The molecule has 3 aromatic carbocycles. The Kier molecular flexibility index (Phi) is 6.26. The summed E-state index contributed by atoms with van der Waals surface area (Å²) in [6.07, 6.45) is 0. The minimum Gasteiger partial charge on any atom is -0.335 e. The molecular weight excluding hydrogens is 374 g/mol. The second kappa shape index (κ2) is 8.83. The number of rotatable bonds is 4. The van der Waals surface area contributed by atoms with Crippen molar-refractivity contribution in [3.8, 4) is 0 Å². The Morgan fingerprint density at radius 3 is 2.38 bits per heavy atom. The summed E-state index contributed by atoms with van der Waals surface area (Å²) in [5.41, 5.74) is 2.39. The van der Waals surface area contributed by atoms with Crippen LogP contribution in [-0.2, 0) is 5.75 Å². The van der Waals surface area contributed by atoms with Crippen LogP contribution in [0.1, 0.15) is 5.56 Å². The van der Waals surface area contributed by atoms with Crippen molar-refractivity contribution in [1.29, 1.82) is 0 Å². The number of nitrogens with zero attached hydrogens (tertiary/aromatic N) is 1. The Labute approximate surface area is 159 Å². The molecular formula is C20H15ClF2N2S. The largest absolute Gasteiger partial charge is 0.335 e. The van der Waals surface area contributed by atoms with Crippen LogP contribution in [0.15, 0.2) is 77.8 Å². The number of amidine groups is 1. The number of hydrogen-bond acceptors (Lipinski definition) is 2. The first-order valence-electron chi connectivity index (χ1n) is 7.83. The maximum Gasteiger partial charge on any atom is 0.166 e. The first-order valence-corrected chi connectivity index (χ1v) is 9.19. The summed E-state index contributed by atoms with van der Waals surface area (Å²) in [6, 6.07) is 20.2. The van der Waals surface area contributed by atoms with Crippen molar-refractivity contribution >= 4 is 39.9 Å². The molecule has 0 atom stereocenters. The molecule has 3 aromatic rings. The number of hydrogen-bond donors (Lipinski definition) is 1. The molecule has 2 nitrogen and oxygen atoms in total. The van der Waals surface area contributed by atoms with Gasteiger partial charge in [-0.15, -0.1) is 0 Å². The average Bonchev–Trinajstić information content (AvgIpc) is 2.65. The van der Waals surface area contributed by atoms with E-state index in [0.29, 0.717) is 16.6 Å².